The monoisotopic (exact) mass is 229 g/mol. The van der Waals surface area contributed by atoms with Crippen LogP contribution in [-0.2, 0) is 4.79 Å². The average Bonchev–Trinajstić information content (AvgIpc) is 2.39. The van der Waals surface area contributed by atoms with E-state index in [1.807, 2.05) is 13.8 Å². The first kappa shape index (κ1) is 12.8. The number of amides is 3. The maximum atomic E-state index is 11.9. The Balaban J connectivity index is 2.60. The molecule has 1 saturated heterocycles. The molecule has 0 aromatic rings. The van der Waals surface area contributed by atoms with Gasteiger partial charge in [-0.25, -0.2) is 4.79 Å². The van der Waals surface area contributed by atoms with Gasteiger partial charge in [0.15, 0.2) is 0 Å². The van der Waals surface area contributed by atoms with Gasteiger partial charge in [0.1, 0.15) is 6.04 Å². The zero-order chi connectivity index (χ0) is 12.5. The average molecular weight is 229 g/mol. The van der Waals surface area contributed by atoms with Crippen LogP contribution in [0.15, 0.2) is 0 Å². The smallest absolute Gasteiger partial charge is 0.312 e. The van der Waals surface area contributed by atoms with E-state index in [0.29, 0.717) is 13.1 Å². The molecule has 6 heteroatoms. The number of carbonyl (C=O) groups excluding carboxylic acids is 2. The van der Waals surface area contributed by atoms with Crippen LogP contribution in [0.5, 0.6) is 0 Å². The van der Waals surface area contributed by atoms with E-state index in [-0.39, 0.29) is 11.3 Å². The summed E-state index contributed by atoms with van der Waals surface area (Å²) in [6, 6.07) is -1.38. The Bertz CT molecular complexity index is 304. The minimum atomic E-state index is -0.722. The minimum Gasteiger partial charge on any atom is -0.391 e. The van der Waals surface area contributed by atoms with Crippen molar-refractivity contribution in [2.45, 2.75) is 32.9 Å². The molecule has 4 N–H and O–H groups in total. The van der Waals surface area contributed by atoms with Gasteiger partial charge in [-0.3, -0.25) is 4.79 Å². The van der Waals surface area contributed by atoms with Gasteiger partial charge in [0.25, 0.3) is 0 Å². The molecule has 0 saturated carbocycles. The molecule has 0 aliphatic carbocycles. The first-order valence-electron chi connectivity index (χ1n) is 5.27. The quantitative estimate of drug-likeness (QED) is 0.582. The number of nitrogens with one attached hydrogen (secondary N) is 1. The van der Waals surface area contributed by atoms with Gasteiger partial charge < -0.3 is 21.1 Å². The second-order valence-corrected chi connectivity index (χ2v) is 4.95. The number of carbonyl (C=O) groups is 2. The molecule has 1 aliphatic heterocycles. The Labute approximate surface area is 94.8 Å². The zero-order valence-electron chi connectivity index (χ0n) is 9.86. The summed E-state index contributed by atoms with van der Waals surface area (Å²) < 4.78 is 0. The lowest BCUT2D eigenvalue weighted by molar-refractivity contribution is -0.132. The highest BCUT2D eigenvalue weighted by molar-refractivity contribution is 5.86. The van der Waals surface area contributed by atoms with Gasteiger partial charge in [-0.05, 0) is 6.92 Å². The molecule has 0 aromatic heterocycles. The molecule has 1 rings (SSSR count). The van der Waals surface area contributed by atoms with Crippen molar-refractivity contribution in [2.75, 3.05) is 13.1 Å². The topological polar surface area (TPSA) is 95.7 Å². The number of aliphatic hydroxyl groups excluding tert-OH is 1. The first-order chi connectivity index (χ1) is 7.24. The molecule has 1 fully saturated rings. The Morgan fingerprint density at radius 1 is 1.56 bits per heavy atom. The SMILES string of the molecule is C[C@H](NC(N)=O)C(=O)N1CC(O)C(C)(C)C1. The molecule has 0 radical (unpaired) electrons. The Hall–Kier alpha value is -1.30. The molecule has 92 valence electrons. The normalized spacial score (nSPS) is 25.2. The fourth-order valence-corrected chi connectivity index (χ4v) is 1.83. The first-order valence-corrected chi connectivity index (χ1v) is 5.27. The van der Waals surface area contributed by atoms with Crippen LogP contribution in [0.4, 0.5) is 4.79 Å². The maximum Gasteiger partial charge on any atom is 0.312 e. The van der Waals surface area contributed by atoms with Crippen molar-refractivity contribution in [3.8, 4) is 0 Å². The highest BCUT2D eigenvalue weighted by Gasteiger charge is 2.41. The number of nitrogens with zero attached hydrogens (tertiary/aromatic N) is 1. The number of hydrogen-bond donors (Lipinski definition) is 3. The van der Waals surface area contributed by atoms with Crippen LogP contribution in [0.3, 0.4) is 0 Å². The number of nitrogens with two attached hydrogens (primary N) is 1. The van der Waals surface area contributed by atoms with E-state index in [1.165, 1.54) is 0 Å². The highest BCUT2D eigenvalue weighted by Crippen LogP contribution is 2.29. The van der Waals surface area contributed by atoms with Crippen LogP contribution < -0.4 is 11.1 Å². The van der Waals surface area contributed by atoms with E-state index in [4.69, 9.17) is 5.73 Å². The van der Waals surface area contributed by atoms with Gasteiger partial charge in [-0.2, -0.15) is 0 Å². The van der Waals surface area contributed by atoms with Gasteiger partial charge in [0.05, 0.1) is 6.10 Å². The van der Waals surface area contributed by atoms with Crippen molar-refractivity contribution < 1.29 is 14.7 Å². The molecule has 3 amide bonds. The van der Waals surface area contributed by atoms with Crippen LogP contribution in [0.2, 0.25) is 0 Å². The van der Waals surface area contributed by atoms with E-state index in [2.05, 4.69) is 5.32 Å². The van der Waals surface area contributed by atoms with Crippen molar-refractivity contribution in [3.05, 3.63) is 0 Å². The lowest BCUT2D eigenvalue weighted by atomic mass is 9.90. The second kappa shape index (κ2) is 4.29. The second-order valence-electron chi connectivity index (χ2n) is 4.95. The van der Waals surface area contributed by atoms with Crippen LogP contribution in [0, 0.1) is 5.41 Å². The Kier molecular flexibility index (Phi) is 3.42. The summed E-state index contributed by atoms with van der Waals surface area (Å²) in [6.07, 6.45) is -0.530. The highest BCUT2D eigenvalue weighted by atomic mass is 16.3. The van der Waals surface area contributed by atoms with E-state index in [9.17, 15) is 14.7 Å². The molecule has 0 bridgehead atoms. The molecule has 0 spiro atoms. The third kappa shape index (κ3) is 2.63. The fourth-order valence-electron chi connectivity index (χ4n) is 1.83. The van der Waals surface area contributed by atoms with Crippen molar-refractivity contribution in [2.24, 2.45) is 11.1 Å². The van der Waals surface area contributed by atoms with E-state index in [1.54, 1.807) is 11.8 Å². The number of likely N-dealkylation sites (tertiary alicyclic amines) is 1. The van der Waals surface area contributed by atoms with Gasteiger partial charge in [0.2, 0.25) is 5.91 Å². The van der Waals surface area contributed by atoms with E-state index in [0.717, 1.165) is 0 Å². The molecule has 1 heterocycles. The molecule has 2 atom stereocenters. The van der Waals surface area contributed by atoms with Crippen molar-refractivity contribution in [1.82, 2.24) is 10.2 Å². The number of β-amino-alcohol motifs (C(OH)–C–C–N with tert-alkyl or cyclic N) is 1. The molecular weight excluding hydrogens is 210 g/mol. The van der Waals surface area contributed by atoms with E-state index < -0.39 is 18.2 Å². The summed E-state index contributed by atoms with van der Waals surface area (Å²) in [4.78, 5) is 24.0. The van der Waals surface area contributed by atoms with Crippen LogP contribution in [0.25, 0.3) is 0 Å². The van der Waals surface area contributed by atoms with Crippen LogP contribution >= 0.6 is 0 Å². The molecule has 16 heavy (non-hydrogen) atoms. The summed E-state index contributed by atoms with van der Waals surface area (Å²) in [5.41, 5.74) is 4.64. The number of hydrogen-bond acceptors (Lipinski definition) is 3. The largest absolute Gasteiger partial charge is 0.391 e. The standard InChI is InChI=1S/C10H19N3O3/c1-6(12-9(11)16)8(15)13-4-7(14)10(2,3)5-13/h6-7,14H,4-5H2,1-3H3,(H3,11,12,16)/t6-,7?/m0/s1. The molecule has 1 unspecified atom stereocenters. The molecule has 0 aromatic carbocycles. The third-order valence-corrected chi connectivity index (χ3v) is 2.93. The molecule has 6 nitrogen and oxygen atoms in total. The lowest BCUT2D eigenvalue weighted by Gasteiger charge is -2.23. The summed E-state index contributed by atoms with van der Waals surface area (Å²) in [5.74, 6) is -0.219. The fraction of sp³-hybridized carbons (Fsp3) is 0.800. The minimum absolute atomic E-state index is 0.219. The van der Waals surface area contributed by atoms with E-state index >= 15 is 0 Å². The summed E-state index contributed by atoms with van der Waals surface area (Å²) in [7, 11) is 0. The summed E-state index contributed by atoms with van der Waals surface area (Å²) >= 11 is 0. The summed E-state index contributed by atoms with van der Waals surface area (Å²) in [5, 5.41) is 12.1. The zero-order valence-corrected chi connectivity index (χ0v) is 9.86. The molecular formula is C10H19N3O3. The maximum absolute atomic E-state index is 11.9. The van der Waals surface area contributed by atoms with Gasteiger partial charge in [-0.15, -0.1) is 0 Å². The summed E-state index contributed by atoms with van der Waals surface area (Å²) in [6.45, 7) is 6.16. The van der Waals surface area contributed by atoms with Crippen molar-refractivity contribution in [3.63, 3.8) is 0 Å². The van der Waals surface area contributed by atoms with Crippen LogP contribution in [0.1, 0.15) is 20.8 Å². The van der Waals surface area contributed by atoms with Gasteiger partial charge in [0, 0.05) is 18.5 Å². The number of rotatable bonds is 2. The van der Waals surface area contributed by atoms with Crippen LogP contribution in [-0.4, -0.2) is 47.2 Å². The van der Waals surface area contributed by atoms with Crippen molar-refractivity contribution >= 4 is 11.9 Å². The van der Waals surface area contributed by atoms with Crippen molar-refractivity contribution in [1.29, 1.82) is 0 Å². The number of aliphatic hydroxyl groups is 1. The van der Waals surface area contributed by atoms with Gasteiger partial charge >= 0.3 is 6.03 Å². The lowest BCUT2D eigenvalue weighted by Crippen LogP contribution is -2.48. The Morgan fingerprint density at radius 3 is 2.50 bits per heavy atom. The molecule has 1 aliphatic rings. The number of primary amides is 1. The Morgan fingerprint density at radius 2 is 2.12 bits per heavy atom. The number of urea groups is 1. The predicted molar refractivity (Wildman–Crippen MR) is 58.5 cm³/mol. The third-order valence-electron chi connectivity index (χ3n) is 2.93. The van der Waals surface area contributed by atoms with Gasteiger partial charge in [-0.1, -0.05) is 13.8 Å². The predicted octanol–water partition coefficient (Wildman–Crippen LogP) is -0.727.